The molecular formula is C19H34N2O5S. The first-order valence-electron chi connectivity index (χ1n) is 9.34. The van der Waals surface area contributed by atoms with Gasteiger partial charge in [-0.1, -0.05) is 25.5 Å². The summed E-state index contributed by atoms with van der Waals surface area (Å²) in [5, 5.41) is 2.43. The lowest BCUT2D eigenvalue weighted by atomic mass is 10.0. The van der Waals surface area contributed by atoms with Crippen molar-refractivity contribution in [3.63, 3.8) is 0 Å². The summed E-state index contributed by atoms with van der Waals surface area (Å²) in [7, 11) is -1.37. The van der Waals surface area contributed by atoms with E-state index in [-0.39, 0.29) is 0 Å². The minimum Gasteiger partial charge on any atom is -0.350 e. The molecule has 0 bridgehead atoms. The number of ether oxygens (including phenoxy) is 1. The van der Waals surface area contributed by atoms with Crippen LogP contribution in [0.5, 0.6) is 0 Å². The zero-order valence-corrected chi connectivity index (χ0v) is 17.9. The third kappa shape index (κ3) is 9.83. The maximum atomic E-state index is 12.5. The molecule has 0 aromatic carbocycles. The minimum absolute atomic E-state index is 0.406. The molecule has 1 aliphatic rings. The first-order valence-corrected chi connectivity index (χ1v) is 10.9. The number of hydroxylamine groups is 1. The highest BCUT2D eigenvalue weighted by Gasteiger charge is 2.37. The number of rotatable bonds is 10. The van der Waals surface area contributed by atoms with Crippen molar-refractivity contribution < 1.29 is 23.4 Å². The standard InChI is InChI=1S/C17H28N2O5S.C2H6/c1-14(9-11-18-13-20)7-6-10-17(2,25(3)22)16(21)19-24-15-8-4-5-12-23-15;1-2/h7,9,11,13,15H,4-6,8,10,12H2,1-3H3,(H,18,20)(H,19,21);1-2H3/b11-9-,14-7-;. The summed E-state index contributed by atoms with van der Waals surface area (Å²) < 4.78 is 16.5. The Balaban J connectivity index is 0.00000326. The van der Waals surface area contributed by atoms with Crippen LogP contribution in [-0.2, 0) is 30.0 Å². The van der Waals surface area contributed by atoms with Gasteiger partial charge in [0.2, 0.25) is 6.41 Å². The quantitative estimate of drug-likeness (QED) is 0.333. The number of carbonyl (C=O) groups excluding carboxylic acids is 2. The Kier molecular flexibility index (Phi) is 13.7. The average Bonchev–Trinajstić information content (AvgIpc) is 2.68. The van der Waals surface area contributed by atoms with E-state index in [1.807, 2.05) is 26.8 Å². The van der Waals surface area contributed by atoms with Crippen LogP contribution in [-0.4, -0.2) is 40.4 Å². The van der Waals surface area contributed by atoms with Gasteiger partial charge in [0.15, 0.2) is 6.29 Å². The summed E-state index contributed by atoms with van der Waals surface area (Å²) in [5.41, 5.74) is 3.35. The van der Waals surface area contributed by atoms with E-state index >= 15 is 0 Å². The molecule has 2 amide bonds. The van der Waals surface area contributed by atoms with Crippen LogP contribution in [0.4, 0.5) is 0 Å². The fourth-order valence-corrected chi connectivity index (χ4v) is 2.99. The second-order valence-corrected chi connectivity index (χ2v) is 7.94. The van der Waals surface area contributed by atoms with Crippen LogP contribution < -0.4 is 10.8 Å². The lowest BCUT2D eigenvalue weighted by molar-refractivity contribution is -0.201. The lowest BCUT2D eigenvalue weighted by Crippen LogP contribution is -2.48. The molecule has 1 aliphatic heterocycles. The maximum Gasteiger partial charge on any atom is 0.262 e. The number of hydrogen-bond donors (Lipinski definition) is 2. The Labute approximate surface area is 165 Å². The van der Waals surface area contributed by atoms with Gasteiger partial charge in [0, 0.05) is 36.3 Å². The number of carbonyl (C=O) groups is 2. The van der Waals surface area contributed by atoms with Gasteiger partial charge in [-0.2, -0.15) is 0 Å². The topological polar surface area (TPSA) is 93.7 Å². The van der Waals surface area contributed by atoms with Gasteiger partial charge in [0.05, 0.1) is 0 Å². The van der Waals surface area contributed by atoms with Crippen molar-refractivity contribution in [3.05, 3.63) is 23.9 Å². The van der Waals surface area contributed by atoms with Crippen molar-refractivity contribution in [2.24, 2.45) is 0 Å². The predicted octanol–water partition coefficient (Wildman–Crippen LogP) is 2.71. The van der Waals surface area contributed by atoms with Gasteiger partial charge in [-0.25, -0.2) is 10.3 Å². The van der Waals surface area contributed by atoms with Gasteiger partial charge >= 0.3 is 0 Å². The lowest BCUT2D eigenvalue weighted by Gasteiger charge is -2.28. The van der Waals surface area contributed by atoms with E-state index < -0.39 is 27.7 Å². The molecule has 3 atom stereocenters. The fourth-order valence-electron chi connectivity index (χ4n) is 2.28. The first-order chi connectivity index (χ1) is 12.9. The second kappa shape index (κ2) is 14.5. The van der Waals surface area contributed by atoms with Crippen molar-refractivity contribution in [2.75, 3.05) is 12.9 Å². The number of nitrogens with one attached hydrogen (secondary N) is 2. The zero-order chi connectivity index (χ0) is 20.7. The molecular weight excluding hydrogens is 368 g/mol. The van der Waals surface area contributed by atoms with Gasteiger partial charge in [-0.15, -0.1) is 0 Å². The van der Waals surface area contributed by atoms with E-state index in [1.165, 1.54) is 12.5 Å². The molecule has 1 rings (SSSR count). The van der Waals surface area contributed by atoms with E-state index in [9.17, 15) is 13.8 Å². The van der Waals surface area contributed by atoms with Crippen LogP contribution in [0.2, 0.25) is 0 Å². The van der Waals surface area contributed by atoms with E-state index in [4.69, 9.17) is 9.57 Å². The third-order valence-electron chi connectivity index (χ3n) is 4.13. The molecule has 1 fully saturated rings. The van der Waals surface area contributed by atoms with Crippen LogP contribution in [0.3, 0.4) is 0 Å². The van der Waals surface area contributed by atoms with Crippen LogP contribution in [0.15, 0.2) is 23.9 Å². The summed E-state index contributed by atoms with van der Waals surface area (Å²) in [5.74, 6) is -0.410. The molecule has 0 aromatic rings. The van der Waals surface area contributed by atoms with Gasteiger partial charge in [-0.3, -0.25) is 13.8 Å². The van der Waals surface area contributed by atoms with Crippen molar-refractivity contribution in [3.8, 4) is 0 Å². The maximum absolute atomic E-state index is 12.5. The van der Waals surface area contributed by atoms with E-state index in [0.29, 0.717) is 25.9 Å². The Morgan fingerprint density at radius 2 is 2.07 bits per heavy atom. The molecule has 7 nitrogen and oxygen atoms in total. The summed E-state index contributed by atoms with van der Waals surface area (Å²) in [4.78, 5) is 28.0. The van der Waals surface area contributed by atoms with Gasteiger partial charge in [-0.05, 0) is 45.6 Å². The molecule has 8 heteroatoms. The highest BCUT2D eigenvalue weighted by molar-refractivity contribution is 7.86. The predicted molar refractivity (Wildman–Crippen MR) is 108 cm³/mol. The fraction of sp³-hybridized carbons (Fsp3) is 0.684. The van der Waals surface area contributed by atoms with Gasteiger partial charge < -0.3 is 10.1 Å². The van der Waals surface area contributed by atoms with E-state index in [2.05, 4.69) is 10.8 Å². The average molecular weight is 403 g/mol. The Morgan fingerprint density at radius 3 is 2.63 bits per heavy atom. The number of hydrogen-bond acceptors (Lipinski definition) is 5. The van der Waals surface area contributed by atoms with Gasteiger partial charge in [0.25, 0.3) is 5.91 Å². The molecule has 27 heavy (non-hydrogen) atoms. The Bertz CT molecular complexity index is 530. The molecule has 0 aromatic heterocycles. The summed E-state index contributed by atoms with van der Waals surface area (Å²) in [6, 6.07) is 0. The summed E-state index contributed by atoms with van der Waals surface area (Å²) >= 11 is 0. The normalized spacial score (nSPS) is 20.8. The van der Waals surface area contributed by atoms with Crippen LogP contribution in [0.1, 0.15) is 59.8 Å². The second-order valence-electron chi connectivity index (χ2n) is 6.13. The van der Waals surface area contributed by atoms with Crippen molar-refractivity contribution in [1.82, 2.24) is 10.8 Å². The molecule has 2 N–H and O–H groups in total. The van der Waals surface area contributed by atoms with E-state index in [0.717, 1.165) is 24.8 Å². The largest absolute Gasteiger partial charge is 0.350 e. The molecule has 156 valence electrons. The molecule has 0 saturated carbocycles. The van der Waals surface area contributed by atoms with Crippen molar-refractivity contribution in [2.45, 2.75) is 70.8 Å². The minimum atomic E-state index is -1.37. The highest BCUT2D eigenvalue weighted by Crippen LogP contribution is 2.22. The molecule has 0 aliphatic carbocycles. The monoisotopic (exact) mass is 402 g/mol. The molecule has 1 heterocycles. The van der Waals surface area contributed by atoms with E-state index in [1.54, 1.807) is 13.0 Å². The Hall–Kier alpha value is -1.51. The van der Waals surface area contributed by atoms with Crippen molar-refractivity contribution >= 4 is 23.1 Å². The number of amides is 2. The smallest absolute Gasteiger partial charge is 0.262 e. The number of allylic oxidation sites excluding steroid dienone is 3. The van der Waals surface area contributed by atoms with Crippen LogP contribution in [0.25, 0.3) is 0 Å². The van der Waals surface area contributed by atoms with Crippen molar-refractivity contribution in [1.29, 1.82) is 0 Å². The first kappa shape index (κ1) is 25.5. The van der Waals surface area contributed by atoms with Crippen LogP contribution in [0, 0.1) is 0 Å². The summed E-state index contributed by atoms with van der Waals surface area (Å²) in [6.45, 7) is 8.16. The Morgan fingerprint density at radius 1 is 1.37 bits per heavy atom. The highest BCUT2D eigenvalue weighted by atomic mass is 32.2. The summed E-state index contributed by atoms with van der Waals surface area (Å²) in [6.07, 6.45) is 10.6. The molecule has 0 radical (unpaired) electrons. The van der Waals surface area contributed by atoms with Crippen LogP contribution >= 0.6 is 0 Å². The SMILES string of the molecule is CC.CC(/C=C\NC=O)=C/CCC(C)(C(=O)NOC1CCCCO1)S(C)=O. The van der Waals surface area contributed by atoms with Gasteiger partial charge in [0.1, 0.15) is 4.75 Å². The molecule has 1 saturated heterocycles. The zero-order valence-electron chi connectivity index (χ0n) is 17.1. The molecule has 3 unspecified atom stereocenters. The third-order valence-corrected chi connectivity index (χ3v) is 5.79. The molecule has 0 spiro atoms.